The fraction of sp³-hybridized carbons (Fsp3) is 0.462. The Morgan fingerprint density at radius 2 is 2.05 bits per heavy atom. The van der Waals surface area contributed by atoms with E-state index in [1.165, 1.54) is 13.2 Å². The molecule has 1 aromatic rings. The largest absolute Gasteiger partial charge is 0.465 e. The van der Waals surface area contributed by atoms with Crippen LogP contribution in [0.3, 0.4) is 0 Å². The lowest BCUT2D eigenvalue weighted by atomic mass is 9.97. The third-order valence-electron chi connectivity index (χ3n) is 2.43. The van der Waals surface area contributed by atoms with Crippen LogP contribution in [0.1, 0.15) is 31.1 Å². The van der Waals surface area contributed by atoms with Gasteiger partial charge in [0.1, 0.15) is 11.3 Å². The Balaban J connectivity index is 3.17. The van der Waals surface area contributed by atoms with E-state index in [1.807, 2.05) is 20.8 Å². The van der Waals surface area contributed by atoms with E-state index in [1.54, 1.807) is 12.1 Å². The number of carbonyl (C=O) groups excluding carboxylic acids is 1. The molecule has 0 atom stereocenters. The molecule has 0 saturated heterocycles. The minimum absolute atomic E-state index is 0.0326. The summed E-state index contributed by atoms with van der Waals surface area (Å²) < 4.78 is 4.56. The molecule has 0 amide bonds. The summed E-state index contributed by atoms with van der Waals surface area (Å²) in [5.41, 5.74) is -0.0115. The van der Waals surface area contributed by atoms with Crippen LogP contribution in [-0.2, 0) is 4.74 Å². The highest BCUT2D eigenvalue weighted by molar-refractivity contribution is 5.96. The van der Waals surface area contributed by atoms with E-state index in [4.69, 9.17) is 0 Å². The number of hydrogen-bond acceptors (Lipinski definition) is 5. The van der Waals surface area contributed by atoms with E-state index in [9.17, 15) is 14.9 Å². The predicted octanol–water partition coefficient (Wildman–Crippen LogP) is 2.84. The average Bonchev–Trinajstić information content (AvgIpc) is 2.33. The lowest BCUT2D eigenvalue weighted by Gasteiger charge is -2.19. The number of ether oxygens (including phenoxy) is 1. The molecule has 1 aromatic carbocycles. The van der Waals surface area contributed by atoms with Crippen molar-refractivity contribution in [2.24, 2.45) is 5.41 Å². The number of rotatable bonds is 4. The Morgan fingerprint density at radius 1 is 1.42 bits per heavy atom. The van der Waals surface area contributed by atoms with Gasteiger partial charge in [-0.2, -0.15) is 0 Å². The number of esters is 1. The molecule has 0 radical (unpaired) electrons. The fourth-order valence-corrected chi connectivity index (χ4v) is 1.52. The summed E-state index contributed by atoms with van der Waals surface area (Å²) in [5.74, 6) is -0.717. The van der Waals surface area contributed by atoms with Crippen molar-refractivity contribution in [2.45, 2.75) is 20.8 Å². The van der Waals surface area contributed by atoms with E-state index < -0.39 is 10.9 Å². The van der Waals surface area contributed by atoms with Crippen molar-refractivity contribution in [3.05, 3.63) is 33.9 Å². The third-order valence-corrected chi connectivity index (χ3v) is 2.43. The second-order valence-electron chi connectivity index (χ2n) is 5.36. The zero-order valence-electron chi connectivity index (χ0n) is 11.5. The van der Waals surface area contributed by atoms with Gasteiger partial charge in [0.15, 0.2) is 0 Å². The van der Waals surface area contributed by atoms with Crippen LogP contribution in [0.2, 0.25) is 0 Å². The molecule has 0 aliphatic carbocycles. The zero-order valence-corrected chi connectivity index (χ0v) is 11.5. The number of nitrogens with one attached hydrogen (secondary N) is 1. The SMILES string of the molecule is COC(=O)c1cccc(NCC(C)(C)C)c1[N+](=O)[O-]. The van der Waals surface area contributed by atoms with Gasteiger partial charge in [-0.15, -0.1) is 0 Å². The van der Waals surface area contributed by atoms with Gasteiger partial charge < -0.3 is 10.1 Å². The van der Waals surface area contributed by atoms with E-state index in [2.05, 4.69) is 10.1 Å². The van der Waals surface area contributed by atoms with Crippen molar-refractivity contribution < 1.29 is 14.5 Å². The monoisotopic (exact) mass is 266 g/mol. The van der Waals surface area contributed by atoms with Gasteiger partial charge in [-0.1, -0.05) is 26.8 Å². The summed E-state index contributed by atoms with van der Waals surface area (Å²) in [7, 11) is 1.20. The summed E-state index contributed by atoms with van der Waals surface area (Å²) >= 11 is 0. The molecule has 0 saturated carbocycles. The molecule has 104 valence electrons. The maximum Gasteiger partial charge on any atom is 0.344 e. The van der Waals surface area contributed by atoms with Gasteiger partial charge in [-0.25, -0.2) is 4.79 Å². The maximum absolute atomic E-state index is 11.5. The molecule has 6 heteroatoms. The number of carbonyl (C=O) groups is 1. The number of nitro groups is 1. The molecule has 0 unspecified atom stereocenters. The number of anilines is 1. The maximum atomic E-state index is 11.5. The predicted molar refractivity (Wildman–Crippen MR) is 72.4 cm³/mol. The van der Waals surface area contributed by atoms with Crippen LogP contribution in [0, 0.1) is 15.5 Å². The van der Waals surface area contributed by atoms with Gasteiger partial charge in [0.25, 0.3) is 0 Å². The quantitative estimate of drug-likeness (QED) is 0.515. The summed E-state index contributed by atoms with van der Waals surface area (Å²) in [4.78, 5) is 22.1. The number of nitrogens with zero attached hydrogens (tertiary/aromatic N) is 1. The van der Waals surface area contributed by atoms with Crippen LogP contribution in [0.25, 0.3) is 0 Å². The van der Waals surface area contributed by atoms with Gasteiger partial charge in [0.05, 0.1) is 12.0 Å². The Bertz CT molecular complexity index is 492. The lowest BCUT2D eigenvalue weighted by Crippen LogP contribution is -2.20. The fourth-order valence-electron chi connectivity index (χ4n) is 1.52. The first-order valence-electron chi connectivity index (χ1n) is 5.86. The van der Waals surface area contributed by atoms with Crippen molar-refractivity contribution >= 4 is 17.3 Å². The summed E-state index contributed by atoms with van der Waals surface area (Å²) in [5, 5.41) is 14.1. The molecular weight excluding hydrogens is 248 g/mol. The molecule has 0 fully saturated rings. The van der Waals surface area contributed by atoms with Crippen molar-refractivity contribution in [1.29, 1.82) is 0 Å². The van der Waals surface area contributed by atoms with Crippen molar-refractivity contribution in [3.63, 3.8) is 0 Å². The van der Waals surface area contributed by atoms with E-state index in [0.29, 0.717) is 12.2 Å². The second-order valence-corrected chi connectivity index (χ2v) is 5.36. The highest BCUT2D eigenvalue weighted by atomic mass is 16.6. The molecule has 19 heavy (non-hydrogen) atoms. The van der Waals surface area contributed by atoms with Gasteiger partial charge in [0, 0.05) is 6.54 Å². The molecule has 0 aliphatic heterocycles. The lowest BCUT2D eigenvalue weighted by molar-refractivity contribution is -0.384. The topological polar surface area (TPSA) is 81.5 Å². The molecule has 0 spiro atoms. The summed E-state index contributed by atoms with van der Waals surface area (Å²) in [6.07, 6.45) is 0. The van der Waals surface area contributed by atoms with Crippen molar-refractivity contribution in [3.8, 4) is 0 Å². The van der Waals surface area contributed by atoms with Crippen LogP contribution in [0.4, 0.5) is 11.4 Å². The third kappa shape index (κ3) is 3.94. The molecule has 0 heterocycles. The minimum atomic E-state index is -0.717. The molecular formula is C13H18N2O4. The van der Waals surface area contributed by atoms with Gasteiger partial charge >= 0.3 is 11.7 Å². The standard InChI is InChI=1S/C13H18N2O4/c1-13(2,3)8-14-10-7-5-6-9(12(16)19-4)11(10)15(17)18/h5-7,14H,8H2,1-4H3. The van der Waals surface area contributed by atoms with E-state index >= 15 is 0 Å². The van der Waals surface area contributed by atoms with Crippen LogP contribution in [-0.4, -0.2) is 24.5 Å². The first kappa shape index (κ1) is 14.9. The summed E-state index contributed by atoms with van der Waals surface area (Å²) in [6.45, 7) is 6.58. The highest BCUT2D eigenvalue weighted by Gasteiger charge is 2.25. The van der Waals surface area contributed by atoms with Gasteiger partial charge in [-0.05, 0) is 17.5 Å². The summed E-state index contributed by atoms with van der Waals surface area (Å²) in [6, 6.07) is 4.55. The van der Waals surface area contributed by atoms with Crippen molar-refractivity contribution in [1.82, 2.24) is 0 Å². The van der Waals surface area contributed by atoms with E-state index in [-0.39, 0.29) is 16.7 Å². The Morgan fingerprint density at radius 3 is 2.53 bits per heavy atom. The van der Waals surface area contributed by atoms with Crippen LogP contribution in [0.15, 0.2) is 18.2 Å². The number of para-hydroxylation sites is 1. The molecule has 1 rings (SSSR count). The molecule has 1 N–H and O–H groups in total. The Kier molecular flexibility index (Phi) is 4.47. The first-order valence-corrected chi connectivity index (χ1v) is 5.86. The highest BCUT2D eigenvalue weighted by Crippen LogP contribution is 2.30. The number of benzene rings is 1. The Hall–Kier alpha value is -2.11. The van der Waals surface area contributed by atoms with Crippen LogP contribution in [0.5, 0.6) is 0 Å². The number of nitro benzene ring substituents is 1. The second kappa shape index (κ2) is 5.69. The number of methoxy groups -OCH3 is 1. The molecule has 6 nitrogen and oxygen atoms in total. The Labute approximate surface area is 111 Å². The number of hydrogen-bond donors (Lipinski definition) is 1. The van der Waals surface area contributed by atoms with Crippen LogP contribution >= 0.6 is 0 Å². The van der Waals surface area contributed by atoms with Gasteiger partial charge in [0.2, 0.25) is 0 Å². The van der Waals surface area contributed by atoms with E-state index in [0.717, 1.165) is 0 Å². The molecule has 0 bridgehead atoms. The zero-order chi connectivity index (χ0) is 14.6. The molecule has 0 aliphatic rings. The van der Waals surface area contributed by atoms with Crippen LogP contribution < -0.4 is 5.32 Å². The smallest absolute Gasteiger partial charge is 0.344 e. The molecule has 0 aromatic heterocycles. The first-order chi connectivity index (χ1) is 8.76. The minimum Gasteiger partial charge on any atom is -0.465 e. The average molecular weight is 266 g/mol. The van der Waals surface area contributed by atoms with Gasteiger partial charge in [-0.3, -0.25) is 10.1 Å². The van der Waals surface area contributed by atoms with Crippen molar-refractivity contribution in [2.75, 3.05) is 19.0 Å². The normalized spacial score (nSPS) is 10.9.